The zero-order chi connectivity index (χ0) is 22.1. The van der Waals surface area contributed by atoms with Crippen molar-refractivity contribution >= 4 is 5.91 Å². The fraction of sp³-hybridized carbons (Fsp3) is 0.381. The summed E-state index contributed by atoms with van der Waals surface area (Å²) in [6, 6.07) is 9.48. The molecule has 0 spiro atoms. The molecule has 1 heterocycles. The van der Waals surface area contributed by atoms with E-state index in [4.69, 9.17) is 5.73 Å². The van der Waals surface area contributed by atoms with E-state index in [0.717, 1.165) is 5.56 Å². The summed E-state index contributed by atoms with van der Waals surface area (Å²) in [6.07, 6.45) is -8.78. The van der Waals surface area contributed by atoms with Crippen LogP contribution >= 0.6 is 0 Å². The third-order valence-electron chi connectivity index (χ3n) is 5.17. The predicted molar refractivity (Wildman–Crippen MR) is 98.6 cm³/mol. The van der Waals surface area contributed by atoms with Gasteiger partial charge in [-0.1, -0.05) is 30.3 Å². The topological polar surface area (TPSA) is 46.3 Å². The van der Waals surface area contributed by atoms with Crippen molar-refractivity contribution in [2.75, 3.05) is 6.54 Å². The summed E-state index contributed by atoms with van der Waals surface area (Å²) >= 11 is 0. The average Bonchev–Trinajstić information content (AvgIpc) is 2.67. The highest BCUT2D eigenvalue weighted by molar-refractivity contribution is 5.95. The summed E-state index contributed by atoms with van der Waals surface area (Å²) in [7, 11) is 0. The maximum atomic E-state index is 13.1. The first-order chi connectivity index (χ1) is 13.9. The first-order valence-corrected chi connectivity index (χ1v) is 9.35. The lowest BCUT2D eigenvalue weighted by Crippen LogP contribution is -2.50. The number of piperidine rings is 1. The first kappa shape index (κ1) is 22.1. The highest BCUT2D eigenvalue weighted by atomic mass is 19.4. The van der Waals surface area contributed by atoms with E-state index in [9.17, 15) is 31.1 Å². The molecule has 1 amide bonds. The lowest BCUT2D eigenvalue weighted by molar-refractivity contribution is -0.143. The Hall–Kier alpha value is -2.55. The van der Waals surface area contributed by atoms with Crippen LogP contribution in [0.5, 0.6) is 0 Å². The molecule has 0 aliphatic carbocycles. The van der Waals surface area contributed by atoms with Gasteiger partial charge in [-0.25, -0.2) is 0 Å². The van der Waals surface area contributed by atoms with Crippen LogP contribution in [0.15, 0.2) is 48.5 Å². The van der Waals surface area contributed by atoms with Crippen LogP contribution in [0.4, 0.5) is 26.3 Å². The second-order valence-corrected chi connectivity index (χ2v) is 7.42. The van der Waals surface area contributed by atoms with Gasteiger partial charge < -0.3 is 10.6 Å². The van der Waals surface area contributed by atoms with Gasteiger partial charge in [-0.05, 0) is 43.0 Å². The van der Waals surface area contributed by atoms with E-state index < -0.39 is 41.0 Å². The van der Waals surface area contributed by atoms with Gasteiger partial charge in [0.1, 0.15) is 0 Å². The number of nitrogens with zero attached hydrogens (tertiary/aromatic N) is 1. The first-order valence-electron chi connectivity index (χ1n) is 9.35. The number of carbonyl (C=O) groups is 1. The molecule has 162 valence electrons. The molecule has 0 saturated carbocycles. The van der Waals surface area contributed by atoms with Crippen molar-refractivity contribution in [2.45, 2.75) is 43.7 Å². The minimum Gasteiger partial charge on any atom is -0.335 e. The number of amides is 1. The van der Waals surface area contributed by atoms with E-state index in [1.54, 1.807) is 0 Å². The lowest BCUT2D eigenvalue weighted by atomic mass is 9.91. The molecule has 2 aromatic rings. The highest BCUT2D eigenvalue weighted by Gasteiger charge is 2.39. The number of hydrogen-bond acceptors (Lipinski definition) is 2. The summed E-state index contributed by atoms with van der Waals surface area (Å²) in [6.45, 7) is 0.162. The van der Waals surface area contributed by atoms with Crippen LogP contribution in [-0.2, 0) is 18.8 Å². The molecule has 2 atom stereocenters. The van der Waals surface area contributed by atoms with Crippen molar-refractivity contribution in [3.63, 3.8) is 0 Å². The minimum atomic E-state index is -5.01. The molecule has 0 bridgehead atoms. The van der Waals surface area contributed by atoms with Crippen LogP contribution in [0.25, 0.3) is 0 Å². The van der Waals surface area contributed by atoms with Crippen LogP contribution in [0.3, 0.4) is 0 Å². The molecule has 1 fully saturated rings. The number of alkyl halides is 6. The van der Waals surface area contributed by atoms with Crippen LogP contribution in [-0.4, -0.2) is 29.4 Å². The van der Waals surface area contributed by atoms with E-state index in [-0.39, 0.29) is 18.7 Å². The maximum Gasteiger partial charge on any atom is 0.416 e. The third-order valence-corrected chi connectivity index (χ3v) is 5.17. The smallest absolute Gasteiger partial charge is 0.335 e. The van der Waals surface area contributed by atoms with Crippen molar-refractivity contribution in [1.29, 1.82) is 0 Å². The Morgan fingerprint density at radius 1 is 0.967 bits per heavy atom. The van der Waals surface area contributed by atoms with Crippen LogP contribution < -0.4 is 5.73 Å². The van der Waals surface area contributed by atoms with Crippen molar-refractivity contribution in [2.24, 2.45) is 5.73 Å². The van der Waals surface area contributed by atoms with Gasteiger partial charge in [-0.15, -0.1) is 0 Å². The molecular formula is C21H20F6N2O. The van der Waals surface area contributed by atoms with Gasteiger partial charge in [-0.3, -0.25) is 4.79 Å². The lowest BCUT2D eigenvalue weighted by Gasteiger charge is -2.39. The number of likely N-dealkylation sites (tertiary alicyclic amines) is 1. The molecule has 9 heteroatoms. The number of rotatable bonds is 3. The molecule has 2 aromatic carbocycles. The Labute approximate surface area is 169 Å². The molecule has 2 N–H and O–H groups in total. The fourth-order valence-electron chi connectivity index (χ4n) is 3.67. The largest absolute Gasteiger partial charge is 0.416 e. The molecule has 0 aromatic heterocycles. The van der Waals surface area contributed by atoms with Crippen molar-refractivity contribution in [3.05, 3.63) is 70.8 Å². The molecule has 3 rings (SSSR count). The summed E-state index contributed by atoms with van der Waals surface area (Å²) in [5.74, 6) is -0.862. The van der Waals surface area contributed by atoms with Gasteiger partial charge in [0.15, 0.2) is 0 Å². The Balaban J connectivity index is 1.96. The summed E-state index contributed by atoms with van der Waals surface area (Å²) in [5.41, 5.74) is 3.26. The second-order valence-electron chi connectivity index (χ2n) is 7.42. The van der Waals surface area contributed by atoms with Crippen molar-refractivity contribution < 1.29 is 31.1 Å². The third kappa shape index (κ3) is 5.13. The average molecular weight is 430 g/mol. The zero-order valence-corrected chi connectivity index (χ0v) is 15.8. The van der Waals surface area contributed by atoms with Gasteiger partial charge >= 0.3 is 12.4 Å². The minimum absolute atomic E-state index is 0.0182. The van der Waals surface area contributed by atoms with E-state index in [1.165, 1.54) is 4.90 Å². The quantitative estimate of drug-likeness (QED) is 0.705. The van der Waals surface area contributed by atoms with E-state index in [1.807, 2.05) is 30.3 Å². The second kappa shape index (κ2) is 8.29. The van der Waals surface area contributed by atoms with Gasteiger partial charge in [-0.2, -0.15) is 26.3 Å². The monoisotopic (exact) mass is 430 g/mol. The SMILES string of the molecule is N[C@H]1CCN(C(=O)c2cc(C(F)(F)F)cc(C(F)(F)F)c2)[C@@H](Cc2ccccc2)C1. The van der Waals surface area contributed by atoms with Crippen LogP contribution in [0.2, 0.25) is 0 Å². The normalized spacial score (nSPS) is 20.3. The number of carbonyl (C=O) groups excluding carboxylic acids is 1. The van der Waals surface area contributed by atoms with Gasteiger partial charge in [0, 0.05) is 24.2 Å². The van der Waals surface area contributed by atoms with Gasteiger partial charge in [0.2, 0.25) is 0 Å². The number of benzene rings is 2. The van der Waals surface area contributed by atoms with E-state index >= 15 is 0 Å². The Morgan fingerprint density at radius 3 is 2.07 bits per heavy atom. The molecule has 0 unspecified atom stereocenters. The summed E-state index contributed by atoms with van der Waals surface area (Å²) < 4.78 is 78.9. The fourth-order valence-corrected chi connectivity index (χ4v) is 3.67. The summed E-state index contributed by atoms with van der Waals surface area (Å²) in [4.78, 5) is 14.4. The molecule has 3 nitrogen and oxygen atoms in total. The van der Waals surface area contributed by atoms with E-state index in [0.29, 0.717) is 31.4 Å². The van der Waals surface area contributed by atoms with Crippen molar-refractivity contribution in [1.82, 2.24) is 4.90 Å². The van der Waals surface area contributed by atoms with Crippen LogP contribution in [0, 0.1) is 0 Å². The Kier molecular flexibility index (Phi) is 6.12. The maximum absolute atomic E-state index is 13.1. The molecule has 1 aliphatic rings. The Morgan fingerprint density at radius 2 is 1.53 bits per heavy atom. The number of nitrogens with two attached hydrogens (primary N) is 1. The molecular weight excluding hydrogens is 410 g/mol. The van der Waals surface area contributed by atoms with E-state index in [2.05, 4.69) is 0 Å². The van der Waals surface area contributed by atoms with Gasteiger partial charge in [0.25, 0.3) is 5.91 Å². The molecule has 1 aliphatic heterocycles. The predicted octanol–water partition coefficient (Wildman–Crippen LogP) is 4.90. The Bertz CT molecular complexity index is 862. The highest BCUT2D eigenvalue weighted by Crippen LogP contribution is 2.37. The molecule has 1 saturated heterocycles. The zero-order valence-electron chi connectivity index (χ0n) is 15.8. The summed E-state index contributed by atoms with van der Waals surface area (Å²) in [5, 5.41) is 0. The van der Waals surface area contributed by atoms with Gasteiger partial charge in [0.05, 0.1) is 11.1 Å². The standard InChI is InChI=1S/C21H20F6N2O/c22-20(23,24)15-9-14(10-16(11-15)21(25,26)27)19(30)29-7-6-17(28)12-18(29)8-13-4-2-1-3-5-13/h1-5,9-11,17-18H,6-8,12,28H2/t17-,18-/m0/s1. The molecule has 0 radical (unpaired) electrons. The molecule has 30 heavy (non-hydrogen) atoms. The van der Waals surface area contributed by atoms with Crippen molar-refractivity contribution in [3.8, 4) is 0 Å². The van der Waals surface area contributed by atoms with Crippen LogP contribution in [0.1, 0.15) is 39.9 Å². The number of hydrogen-bond donors (Lipinski definition) is 1. The number of halogens is 6.